The highest BCUT2D eigenvalue weighted by molar-refractivity contribution is 5.53. The Kier molecular flexibility index (Phi) is 4.66. The van der Waals surface area contributed by atoms with Gasteiger partial charge < -0.3 is 9.84 Å². The summed E-state index contributed by atoms with van der Waals surface area (Å²) in [6.45, 7) is 4.84. The smallest absolute Gasteiger partial charge is 0.257 e. The van der Waals surface area contributed by atoms with E-state index in [0.29, 0.717) is 5.89 Å². The van der Waals surface area contributed by atoms with Crippen LogP contribution in [-0.2, 0) is 12.8 Å². The first kappa shape index (κ1) is 15.2. The van der Waals surface area contributed by atoms with Crippen molar-refractivity contribution in [2.75, 3.05) is 11.9 Å². The lowest BCUT2D eigenvalue weighted by molar-refractivity contribution is 0.423. The summed E-state index contributed by atoms with van der Waals surface area (Å²) >= 11 is 0. The van der Waals surface area contributed by atoms with Gasteiger partial charge in [-0.05, 0) is 43.2 Å². The van der Waals surface area contributed by atoms with Crippen LogP contribution in [0.25, 0.3) is 11.5 Å². The summed E-state index contributed by atoms with van der Waals surface area (Å²) in [5, 5.41) is 7.26. The van der Waals surface area contributed by atoms with E-state index >= 15 is 0 Å². The van der Waals surface area contributed by atoms with E-state index in [4.69, 9.17) is 4.52 Å². The van der Waals surface area contributed by atoms with Crippen molar-refractivity contribution >= 4 is 5.82 Å². The molecule has 3 aromatic rings. The number of nitrogens with zero attached hydrogens (tertiary/aromatic N) is 3. The molecule has 0 amide bonds. The van der Waals surface area contributed by atoms with E-state index in [1.165, 1.54) is 5.56 Å². The van der Waals surface area contributed by atoms with Crippen LogP contribution in [-0.4, -0.2) is 21.7 Å². The third-order valence-corrected chi connectivity index (χ3v) is 3.59. The molecule has 0 radical (unpaired) electrons. The van der Waals surface area contributed by atoms with E-state index in [0.717, 1.165) is 42.3 Å². The van der Waals surface area contributed by atoms with E-state index in [9.17, 15) is 0 Å². The first-order chi connectivity index (χ1) is 11.2. The fourth-order valence-corrected chi connectivity index (χ4v) is 2.31. The summed E-state index contributed by atoms with van der Waals surface area (Å²) in [5.74, 6) is 2.23. The monoisotopic (exact) mass is 308 g/mol. The highest BCUT2D eigenvalue weighted by Gasteiger charge is 2.07. The summed E-state index contributed by atoms with van der Waals surface area (Å²) < 4.78 is 5.25. The fraction of sp³-hybridized carbons (Fsp3) is 0.278. The van der Waals surface area contributed by atoms with Crippen molar-refractivity contribution < 1.29 is 4.52 Å². The van der Waals surface area contributed by atoms with Crippen molar-refractivity contribution in [1.29, 1.82) is 0 Å². The SMILES string of the molecule is CCc1noc(-c2ccc(CCNc3cccc(C)n3)cc2)n1. The van der Waals surface area contributed by atoms with Crippen LogP contribution in [0.3, 0.4) is 0 Å². The second-order valence-corrected chi connectivity index (χ2v) is 5.41. The molecule has 0 aliphatic carbocycles. The molecule has 0 saturated heterocycles. The fourth-order valence-electron chi connectivity index (χ4n) is 2.31. The number of benzene rings is 1. The minimum absolute atomic E-state index is 0.579. The number of anilines is 1. The Labute approximate surface area is 135 Å². The summed E-state index contributed by atoms with van der Waals surface area (Å²) in [6.07, 6.45) is 1.71. The first-order valence-electron chi connectivity index (χ1n) is 7.84. The molecule has 118 valence electrons. The van der Waals surface area contributed by atoms with Crippen molar-refractivity contribution in [3.05, 3.63) is 59.5 Å². The number of aryl methyl sites for hydroxylation is 2. The standard InChI is InChI=1S/C18H20N4O/c1-3-16-21-18(23-22-16)15-9-7-14(8-10-15)11-12-19-17-6-4-5-13(2)20-17/h4-10H,3,11-12H2,1-2H3,(H,19,20). The maximum atomic E-state index is 5.25. The molecule has 5 nitrogen and oxygen atoms in total. The molecule has 23 heavy (non-hydrogen) atoms. The molecule has 0 fully saturated rings. The molecule has 0 aliphatic heterocycles. The second-order valence-electron chi connectivity index (χ2n) is 5.41. The molecule has 1 N–H and O–H groups in total. The molecular weight excluding hydrogens is 288 g/mol. The van der Waals surface area contributed by atoms with Gasteiger partial charge in [0.1, 0.15) is 5.82 Å². The normalized spacial score (nSPS) is 10.7. The molecular formula is C18H20N4O. The highest BCUT2D eigenvalue weighted by atomic mass is 16.5. The Morgan fingerprint density at radius 1 is 1.04 bits per heavy atom. The first-order valence-corrected chi connectivity index (χ1v) is 7.84. The van der Waals surface area contributed by atoms with Crippen LogP contribution < -0.4 is 5.32 Å². The summed E-state index contributed by atoms with van der Waals surface area (Å²) in [5.41, 5.74) is 3.23. The van der Waals surface area contributed by atoms with E-state index in [1.807, 2.05) is 44.2 Å². The van der Waals surface area contributed by atoms with Crippen LogP contribution in [0.5, 0.6) is 0 Å². The lowest BCUT2D eigenvalue weighted by Crippen LogP contribution is -2.06. The van der Waals surface area contributed by atoms with Crippen LogP contribution in [0, 0.1) is 6.92 Å². The second kappa shape index (κ2) is 7.05. The van der Waals surface area contributed by atoms with Crippen LogP contribution in [0.4, 0.5) is 5.82 Å². The molecule has 0 spiro atoms. The lowest BCUT2D eigenvalue weighted by atomic mass is 10.1. The van der Waals surface area contributed by atoms with E-state index in [2.05, 4.69) is 32.6 Å². The minimum atomic E-state index is 0.579. The molecule has 0 saturated carbocycles. The predicted octanol–water partition coefficient (Wildman–Crippen LogP) is 3.66. The van der Waals surface area contributed by atoms with Gasteiger partial charge in [-0.2, -0.15) is 4.98 Å². The third-order valence-electron chi connectivity index (χ3n) is 3.59. The molecule has 0 unspecified atom stereocenters. The molecule has 2 aromatic heterocycles. The van der Waals surface area contributed by atoms with Gasteiger partial charge in [0.05, 0.1) is 0 Å². The van der Waals surface area contributed by atoms with E-state index in [1.54, 1.807) is 0 Å². The quantitative estimate of drug-likeness (QED) is 0.753. The number of hydrogen-bond donors (Lipinski definition) is 1. The van der Waals surface area contributed by atoms with Gasteiger partial charge in [0.15, 0.2) is 5.82 Å². The number of hydrogen-bond acceptors (Lipinski definition) is 5. The number of aromatic nitrogens is 3. The summed E-state index contributed by atoms with van der Waals surface area (Å²) in [6, 6.07) is 14.2. The van der Waals surface area contributed by atoms with E-state index < -0.39 is 0 Å². The zero-order chi connectivity index (χ0) is 16.1. The largest absolute Gasteiger partial charge is 0.370 e. The number of rotatable bonds is 6. The molecule has 2 heterocycles. The molecule has 3 rings (SSSR count). The molecule has 5 heteroatoms. The predicted molar refractivity (Wildman–Crippen MR) is 90.3 cm³/mol. The molecule has 1 aromatic carbocycles. The zero-order valence-corrected chi connectivity index (χ0v) is 13.4. The minimum Gasteiger partial charge on any atom is -0.370 e. The van der Waals surface area contributed by atoms with Gasteiger partial charge >= 0.3 is 0 Å². The van der Waals surface area contributed by atoms with Gasteiger partial charge in [-0.3, -0.25) is 0 Å². The maximum Gasteiger partial charge on any atom is 0.257 e. The van der Waals surface area contributed by atoms with Crippen molar-refractivity contribution in [2.24, 2.45) is 0 Å². The highest BCUT2D eigenvalue weighted by Crippen LogP contribution is 2.18. The Bertz CT molecular complexity index is 765. The summed E-state index contributed by atoms with van der Waals surface area (Å²) in [4.78, 5) is 8.77. The molecule has 0 aliphatic rings. The van der Waals surface area contributed by atoms with Gasteiger partial charge in [-0.1, -0.05) is 30.3 Å². The van der Waals surface area contributed by atoms with Crippen LogP contribution in [0.15, 0.2) is 47.0 Å². The summed E-state index contributed by atoms with van der Waals surface area (Å²) in [7, 11) is 0. The van der Waals surface area contributed by atoms with Crippen LogP contribution in [0.1, 0.15) is 24.0 Å². The van der Waals surface area contributed by atoms with Crippen molar-refractivity contribution in [3.8, 4) is 11.5 Å². The Hall–Kier alpha value is -2.69. The van der Waals surface area contributed by atoms with E-state index in [-0.39, 0.29) is 0 Å². The van der Waals surface area contributed by atoms with Crippen LogP contribution in [0.2, 0.25) is 0 Å². The Balaban J connectivity index is 1.57. The zero-order valence-electron chi connectivity index (χ0n) is 13.4. The van der Waals surface area contributed by atoms with Crippen molar-refractivity contribution in [2.45, 2.75) is 26.7 Å². The lowest BCUT2D eigenvalue weighted by Gasteiger charge is -2.06. The average molecular weight is 308 g/mol. The average Bonchev–Trinajstić information content (AvgIpc) is 3.05. The van der Waals surface area contributed by atoms with Crippen molar-refractivity contribution in [3.63, 3.8) is 0 Å². The molecule has 0 bridgehead atoms. The molecule has 0 atom stereocenters. The van der Waals surface area contributed by atoms with Crippen LogP contribution >= 0.6 is 0 Å². The topological polar surface area (TPSA) is 63.8 Å². The Morgan fingerprint density at radius 2 is 1.87 bits per heavy atom. The van der Waals surface area contributed by atoms with Gasteiger partial charge in [0.25, 0.3) is 5.89 Å². The number of pyridine rings is 1. The van der Waals surface area contributed by atoms with Gasteiger partial charge in [-0.15, -0.1) is 0 Å². The van der Waals surface area contributed by atoms with Gasteiger partial charge in [-0.25, -0.2) is 4.98 Å². The number of nitrogens with one attached hydrogen (secondary N) is 1. The van der Waals surface area contributed by atoms with Gasteiger partial charge in [0.2, 0.25) is 0 Å². The maximum absolute atomic E-state index is 5.25. The van der Waals surface area contributed by atoms with Crippen molar-refractivity contribution in [1.82, 2.24) is 15.1 Å². The Morgan fingerprint density at radius 3 is 2.57 bits per heavy atom. The third kappa shape index (κ3) is 3.94. The van der Waals surface area contributed by atoms with Gasteiger partial charge in [0, 0.05) is 24.2 Å².